The lowest BCUT2D eigenvalue weighted by Crippen LogP contribution is -2.24. The van der Waals surface area contributed by atoms with Crippen molar-refractivity contribution >= 4 is 40.9 Å². The molecular weight excluding hydrogens is 286 g/mol. The van der Waals surface area contributed by atoms with Crippen LogP contribution in [0.5, 0.6) is 0 Å². The summed E-state index contributed by atoms with van der Waals surface area (Å²) in [5.74, 6) is -0.315. The van der Waals surface area contributed by atoms with Crippen molar-refractivity contribution in [3.8, 4) is 0 Å². The molecule has 1 aromatic rings. The molecule has 1 rings (SSSR count). The first-order valence-electron chi connectivity index (χ1n) is 5.86. The summed E-state index contributed by atoms with van der Waals surface area (Å²) in [6.07, 6.45) is 0. The number of carbonyl (C=O) groups excluding carboxylic acids is 2. The molecule has 104 valence electrons. The fourth-order valence-corrected chi connectivity index (χ4v) is 2.15. The molecule has 6 heteroatoms. The molecule has 0 aliphatic rings. The van der Waals surface area contributed by atoms with Crippen LogP contribution in [0, 0.1) is 0 Å². The number of carbonyl (C=O) groups is 2. The zero-order valence-corrected chi connectivity index (χ0v) is 12.4. The van der Waals surface area contributed by atoms with Crippen molar-refractivity contribution < 1.29 is 14.3 Å². The Labute approximate surface area is 121 Å². The van der Waals surface area contributed by atoms with Gasteiger partial charge in [0, 0.05) is 10.7 Å². The van der Waals surface area contributed by atoms with Crippen molar-refractivity contribution in [2.75, 3.05) is 17.7 Å². The van der Waals surface area contributed by atoms with Crippen LogP contribution in [-0.4, -0.2) is 29.5 Å². The summed E-state index contributed by atoms with van der Waals surface area (Å²) >= 11 is 7.06. The zero-order valence-electron chi connectivity index (χ0n) is 10.8. The third kappa shape index (κ3) is 5.98. The van der Waals surface area contributed by atoms with Gasteiger partial charge in [-0.1, -0.05) is 17.7 Å². The molecule has 0 fully saturated rings. The lowest BCUT2D eigenvalue weighted by molar-refractivity contribution is -0.139. The highest BCUT2D eigenvalue weighted by Gasteiger charge is 2.15. The molecule has 0 aliphatic carbocycles. The highest BCUT2D eigenvalue weighted by atomic mass is 35.5. The number of nitrogens with one attached hydrogen (secondary N) is 1. The summed E-state index contributed by atoms with van der Waals surface area (Å²) in [6.45, 7) is 3.84. The van der Waals surface area contributed by atoms with Gasteiger partial charge in [0.15, 0.2) is 0 Å². The van der Waals surface area contributed by atoms with E-state index in [-0.39, 0.29) is 22.9 Å². The average molecular weight is 302 g/mol. The topological polar surface area (TPSA) is 55.4 Å². The minimum atomic E-state index is -0.344. The van der Waals surface area contributed by atoms with Gasteiger partial charge in [-0.25, -0.2) is 0 Å². The van der Waals surface area contributed by atoms with Crippen LogP contribution in [0.25, 0.3) is 0 Å². The predicted octanol–water partition coefficient (Wildman–Crippen LogP) is 2.96. The number of anilines is 1. The Balaban J connectivity index is 2.42. The van der Waals surface area contributed by atoms with Crippen LogP contribution < -0.4 is 5.32 Å². The van der Waals surface area contributed by atoms with Gasteiger partial charge in [-0.05, 0) is 32.0 Å². The fourth-order valence-electron chi connectivity index (χ4n) is 1.28. The number of halogens is 1. The number of benzene rings is 1. The normalized spacial score (nSPS) is 11.7. The molecule has 0 aliphatic heterocycles. The smallest absolute Gasteiger partial charge is 0.315 e. The molecule has 19 heavy (non-hydrogen) atoms. The standard InChI is InChI=1S/C13H16ClNO3S/c1-3-18-12(16)8-19-9(2)13(17)15-11-6-4-5-10(14)7-11/h4-7,9H,3,8H2,1-2H3,(H,15,17)/t9-/m0/s1. The minimum Gasteiger partial charge on any atom is -0.465 e. The summed E-state index contributed by atoms with van der Waals surface area (Å²) < 4.78 is 4.80. The van der Waals surface area contributed by atoms with Crippen LogP contribution in [0.2, 0.25) is 5.02 Å². The number of rotatable bonds is 6. The lowest BCUT2D eigenvalue weighted by atomic mass is 10.3. The van der Waals surface area contributed by atoms with Gasteiger partial charge in [-0.2, -0.15) is 0 Å². The van der Waals surface area contributed by atoms with Crippen LogP contribution in [-0.2, 0) is 14.3 Å². The molecule has 0 radical (unpaired) electrons. The fraction of sp³-hybridized carbons (Fsp3) is 0.385. The monoisotopic (exact) mass is 301 g/mol. The van der Waals surface area contributed by atoms with Crippen molar-refractivity contribution in [1.82, 2.24) is 0 Å². The summed E-state index contributed by atoms with van der Waals surface area (Å²) in [5.41, 5.74) is 0.640. The quantitative estimate of drug-likeness (QED) is 0.821. The van der Waals surface area contributed by atoms with Crippen LogP contribution in [0.4, 0.5) is 5.69 Å². The van der Waals surface area contributed by atoms with E-state index in [0.29, 0.717) is 17.3 Å². The molecule has 1 atom stereocenters. The first kappa shape index (κ1) is 15.9. The SMILES string of the molecule is CCOC(=O)CS[C@@H](C)C(=O)Nc1cccc(Cl)c1. The van der Waals surface area contributed by atoms with E-state index >= 15 is 0 Å². The molecule has 1 amide bonds. The molecule has 0 saturated carbocycles. The van der Waals surface area contributed by atoms with Crippen molar-refractivity contribution in [3.05, 3.63) is 29.3 Å². The Morgan fingerprint density at radius 2 is 2.21 bits per heavy atom. The van der Waals surface area contributed by atoms with Gasteiger partial charge < -0.3 is 10.1 Å². The van der Waals surface area contributed by atoms with Gasteiger partial charge in [0.2, 0.25) is 5.91 Å². The van der Waals surface area contributed by atoms with Crippen LogP contribution in [0.3, 0.4) is 0 Å². The minimum absolute atomic E-state index is 0.165. The Morgan fingerprint density at radius 1 is 1.47 bits per heavy atom. The Bertz CT molecular complexity index is 453. The van der Waals surface area contributed by atoms with Crippen molar-refractivity contribution in [1.29, 1.82) is 0 Å². The van der Waals surface area contributed by atoms with E-state index in [4.69, 9.17) is 16.3 Å². The average Bonchev–Trinajstić information content (AvgIpc) is 2.36. The molecule has 0 aromatic heterocycles. The van der Waals surface area contributed by atoms with E-state index < -0.39 is 0 Å². The van der Waals surface area contributed by atoms with Gasteiger partial charge in [-0.15, -0.1) is 11.8 Å². The van der Waals surface area contributed by atoms with Gasteiger partial charge in [-0.3, -0.25) is 9.59 Å². The summed E-state index contributed by atoms with van der Waals surface area (Å²) in [6, 6.07) is 6.92. The Morgan fingerprint density at radius 3 is 2.84 bits per heavy atom. The molecule has 0 spiro atoms. The summed E-state index contributed by atoms with van der Waals surface area (Å²) in [4.78, 5) is 23.0. The third-order valence-corrected chi connectivity index (χ3v) is 3.57. The first-order valence-corrected chi connectivity index (χ1v) is 7.29. The second-order valence-electron chi connectivity index (χ2n) is 3.76. The number of hydrogen-bond donors (Lipinski definition) is 1. The van der Waals surface area contributed by atoms with E-state index in [0.717, 1.165) is 0 Å². The Kier molecular flexibility index (Phi) is 6.73. The van der Waals surface area contributed by atoms with Gasteiger partial charge in [0.05, 0.1) is 17.6 Å². The molecule has 0 saturated heterocycles. The summed E-state index contributed by atoms with van der Waals surface area (Å²) in [7, 11) is 0. The number of ether oxygens (including phenoxy) is 1. The van der Waals surface area contributed by atoms with Gasteiger partial charge >= 0.3 is 5.97 Å². The van der Waals surface area contributed by atoms with E-state index in [1.807, 2.05) is 0 Å². The highest BCUT2D eigenvalue weighted by molar-refractivity contribution is 8.01. The van der Waals surface area contributed by atoms with Gasteiger partial charge in [0.1, 0.15) is 0 Å². The Hall–Kier alpha value is -1.20. The van der Waals surface area contributed by atoms with E-state index in [2.05, 4.69) is 5.32 Å². The molecule has 0 heterocycles. The number of hydrogen-bond acceptors (Lipinski definition) is 4. The summed E-state index contributed by atoms with van der Waals surface area (Å²) in [5, 5.41) is 2.96. The second kappa shape index (κ2) is 8.07. The molecule has 0 bridgehead atoms. The number of esters is 1. The maximum absolute atomic E-state index is 11.9. The second-order valence-corrected chi connectivity index (χ2v) is 5.52. The van der Waals surface area contributed by atoms with Crippen LogP contribution >= 0.6 is 23.4 Å². The molecular formula is C13H16ClNO3S. The van der Waals surface area contributed by atoms with Crippen molar-refractivity contribution in [3.63, 3.8) is 0 Å². The molecule has 0 unspecified atom stereocenters. The van der Waals surface area contributed by atoms with E-state index in [1.54, 1.807) is 38.1 Å². The lowest BCUT2D eigenvalue weighted by Gasteiger charge is -2.11. The van der Waals surface area contributed by atoms with Crippen molar-refractivity contribution in [2.24, 2.45) is 0 Å². The first-order chi connectivity index (χ1) is 9.02. The number of thioether (sulfide) groups is 1. The van der Waals surface area contributed by atoms with E-state index in [1.165, 1.54) is 11.8 Å². The van der Waals surface area contributed by atoms with E-state index in [9.17, 15) is 9.59 Å². The third-order valence-electron chi connectivity index (χ3n) is 2.22. The maximum Gasteiger partial charge on any atom is 0.315 e. The molecule has 1 N–H and O–H groups in total. The zero-order chi connectivity index (χ0) is 14.3. The molecule has 4 nitrogen and oxygen atoms in total. The number of amides is 1. The van der Waals surface area contributed by atoms with Gasteiger partial charge in [0.25, 0.3) is 0 Å². The largest absolute Gasteiger partial charge is 0.465 e. The predicted molar refractivity (Wildman–Crippen MR) is 78.6 cm³/mol. The van der Waals surface area contributed by atoms with Crippen LogP contribution in [0.15, 0.2) is 24.3 Å². The molecule has 1 aromatic carbocycles. The van der Waals surface area contributed by atoms with Crippen molar-refractivity contribution in [2.45, 2.75) is 19.1 Å². The maximum atomic E-state index is 11.9. The van der Waals surface area contributed by atoms with Crippen LogP contribution in [0.1, 0.15) is 13.8 Å². The highest BCUT2D eigenvalue weighted by Crippen LogP contribution is 2.17.